The van der Waals surface area contributed by atoms with E-state index in [4.69, 9.17) is 0 Å². The molecule has 0 aliphatic heterocycles. The monoisotopic (exact) mass is 408 g/mol. The van der Waals surface area contributed by atoms with E-state index in [1.807, 2.05) is 57.5 Å². The first-order valence-corrected chi connectivity index (χ1v) is 10.6. The van der Waals surface area contributed by atoms with Gasteiger partial charge in [-0.1, -0.05) is 18.2 Å². The fourth-order valence-corrected chi connectivity index (χ4v) is 3.43. The van der Waals surface area contributed by atoms with Gasteiger partial charge >= 0.3 is 12.4 Å². The molecule has 146 valence electrons. The Labute approximate surface area is 168 Å². The first-order valence-electron chi connectivity index (χ1n) is 8.39. The molecule has 27 heavy (non-hydrogen) atoms. The highest BCUT2D eigenvalue weighted by Crippen LogP contribution is 2.33. The predicted molar refractivity (Wildman–Crippen MR) is 112 cm³/mol. The Balaban J connectivity index is 2.36. The van der Waals surface area contributed by atoms with Crippen LogP contribution in [0, 0.1) is 0 Å². The molecule has 1 aromatic carbocycles. The number of rotatable bonds is 7. The van der Waals surface area contributed by atoms with Crippen LogP contribution in [-0.4, -0.2) is 65.4 Å². The van der Waals surface area contributed by atoms with E-state index >= 15 is 0 Å². The number of nitrogens with zero attached hydrogens (tertiary/aromatic N) is 5. The average Bonchev–Trinajstić information content (AvgIpc) is 3.11. The molecule has 0 saturated heterocycles. The molecule has 0 bridgehead atoms. The number of benzene rings is 1. The molecule has 1 heterocycles. The van der Waals surface area contributed by atoms with Crippen LogP contribution in [0.2, 0.25) is 0 Å². The third-order valence-electron chi connectivity index (χ3n) is 4.23. The van der Waals surface area contributed by atoms with Crippen molar-refractivity contribution in [1.82, 2.24) is 24.1 Å². The van der Waals surface area contributed by atoms with Crippen LogP contribution in [0.25, 0.3) is 0 Å². The average molecular weight is 409 g/mol. The number of thioether (sulfide) groups is 2. The molecule has 0 fully saturated rings. The first kappa shape index (κ1) is 21.5. The van der Waals surface area contributed by atoms with E-state index < -0.39 is 0 Å². The minimum atomic E-state index is -0.324. The van der Waals surface area contributed by atoms with Crippen molar-refractivity contribution < 1.29 is 9.59 Å². The zero-order chi connectivity index (χ0) is 20.2. The van der Waals surface area contributed by atoms with E-state index in [0.717, 1.165) is 12.1 Å². The SMILES string of the molecule is CSC(C)(C)c1nc(SC[N+](C)(C=O)c2ccccc2)n(C(=O)N(C)C)n1. The largest absolute Gasteiger partial charge is 0.346 e. The molecule has 0 saturated carbocycles. The van der Waals surface area contributed by atoms with E-state index in [1.54, 1.807) is 25.9 Å². The molecule has 0 N–H and O–H groups in total. The maximum Gasteiger partial charge on any atom is 0.346 e. The summed E-state index contributed by atoms with van der Waals surface area (Å²) in [4.78, 5) is 30.4. The molecule has 1 aromatic heterocycles. The highest BCUT2D eigenvalue weighted by atomic mass is 32.2. The van der Waals surface area contributed by atoms with Gasteiger partial charge in [-0.2, -0.15) is 16.4 Å². The molecule has 1 unspecified atom stereocenters. The van der Waals surface area contributed by atoms with Crippen LogP contribution in [-0.2, 0) is 9.54 Å². The maximum absolute atomic E-state index is 12.5. The summed E-state index contributed by atoms with van der Waals surface area (Å²) in [5.41, 5.74) is 0.870. The number of carbonyl (C=O) groups excluding carboxylic acids is 2. The summed E-state index contributed by atoms with van der Waals surface area (Å²) >= 11 is 2.95. The minimum absolute atomic E-state index is 0.0653. The summed E-state index contributed by atoms with van der Waals surface area (Å²) in [6, 6.07) is 9.26. The third kappa shape index (κ3) is 4.72. The second kappa shape index (κ2) is 8.45. The summed E-state index contributed by atoms with van der Waals surface area (Å²) in [7, 11) is 5.18. The second-order valence-corrected chi connectivity index (χ2v) is 9.34. The number of hydrogen-bond acceptors (Lipinski definition) is 6. The molecule has 0 radical (unpaired) electrons. The Morgan fingerprint density at radius 2 is 1.93 bits per heavy atom. The van der Waals surface area contributed by atoms with Crippen LogP contribution >= 0.6 is 23.5 Å². The smallest absolute Gasteiger partial charge is 0.329 e. The molecule has 2 rings (SSSR count). The molecule has 0 spiro atoms. The minimum Gasteiger partial charge on any atom is -0.329 e. The van der Waals surface area contributed by atoms with Gasteiger partial charge in [0.2, 0.25) is 5.16 Å². The van der Waals surface area contributed by atoms with Gasteiger partial charge in [0.05, 0.1) is 11.8 Å². The number of carbonyl (C=O) groups is 2. The Hall–Kier alpha value is -1.84. The lowest BCUT2D eigenvalue weighted by Crippen LogP contribution is -2.43. The van der Waals surface area contributed by atoms with Crippen molar-refractivity contribution in [3.8, 4) is 0 Å². The van der Waals surface area contributed by atoms with Gasteiger partial charge < -0.3 is 4.90 Å². The Morgan fingerprint density at radius 1 is 1.30 bits per heavy atom. The third-order valence-corrected chi connectivity index (χ3v) is 6.62. The van der Waals surface area contributed by atoms with Crippen molar-refractivity contribution in [2.45, 2.75) is 23.8 Å². The fourth-order valence-electron chi connectivity index (χ4n) is 2.18. The van der Waals surface area contributed by atoms with Crippen molar-refractivity contribution in [3.63, 3.8) is 0 Å². The van der Waals surface area contributed by atoms with Gasteiger partial charge in [0.25, 0.3) is 0 Å². The van der Waals surface area contributed by atoms with Gasteiger partial charge in [0.1, 0.15) is 11.6 Å². The van der Waals surface area contributed by atoms with E-state index in [0.29, 0.717) is 16.9 Å². The van der Waals surface area contributed by atoms with E-state index in [1.165, 1.54) is 21.3 Å². The zero-order valence-corrected chi connectivity index (χ0v) is 18.2. The predicted octanol–water partition coefficient (Wildman–Crippen LogP) is 3.25. The van der Waals surface area contributed by atoms with Gasteiger partial charge in [0, 0.05) is 14.1 Å². The van der Waals surface area contributed by atoms with Crippen molar-refractivity contribution >= 4 is 41.7 Å². The molecule has 2 amide bonds. The maximum atomic E-state index is 12.5. The van der Waals surface area contributed by atoms with Gasteiger partial charge in [-0.3, -0.25) is 0 Å². The molecule has 2 aromatic rings. The van der Waals surface area contributed by atoms with Gasteiger partial charge in [-0.15, -0.1) is 5.10 Å². The number of para-hydroxylation sites is 1. The van der Waals surface area contributed by atoms with Crippen LogP contribution < -0.4 is 4.48 Å². The summed E-state index contributed by atoms with van der Waals surface area (Å²) in [5, 5.41) is 4.93. The normalized spacial score (nSPS) is 13.9. The first-order chi connectivity index (χ1) is 12.6. The molecule has 7 nitrogen and oxygen atoms in total. The summed E-state index contributed by atoms with van der Waals surface area (Å²) in [5.74, 6) is 0.985. The van der Waals surface area contributed by atoms with Crippen molar-refractivity contribution in [2.75, 3.05) is 33.3 Å². The van der Waals surface area contributed by atoms with Gasteiger partial charge in [-0.05, 0) is 44.0 Å². The lowest BCUT2D eigenvalue weighted by atomic mass is 10.2. The zero-order valence-electron chi connectivity index (χ0n) is 16.5. The van der Waals surface area contributed by atoms with Crippen molar-refractivity contribution in [2.24, 2.45) is 0 Å². The van der Waals surface area contributed by atoms with Crippen LogP contribution in [0.4, 0.5) is 10.5 Å². The molecular formula is C18H26N5O2S2+. The summed E-state index contributed by atoms with van der Waals surface area (Å²) in [6.07, 6.45) is 2.88. The Morgan fingerprint density at radius 3 is 2.44 bits per heavy atom. The van der Waals surface area contributed by atoms with Crippen LogP contribution in [0.1, 0.15) is 19.7 Å². The standard InChI is InChI=1S/C18H26N5O2S2/c1-18(2,26-6)15-19-16(22(20-15)17(25)21(3)4)27-13-23(5,12-24)14-10-8-7-9-11-14/h7-12H,13H2,1-6H3/q+1. The van der Waals surface area contributed by atoms with E-state index in [9.17, 15) is 9.59 Å². The van der Waals surface area contributed by atoms with Crippen molar-refractivity contribution in [1.29, 1.82) is 0 Å². The Kier molecular flexibility index (Phi) is 6.72. The Bertz CT molecular complexity index is 807. The lowest BCUT2D eigenvalue weighted by molar-refractivity contribution is -0.115. The van der Waals surface area contributed by atoms with E-state index in [-0.39, 0.29) is 15.3 Å². The second-order valence-electron chi connectivity index (χ2n) is 7.00. The van der Waals surface area contributed by atoms with Gasteiger partial charge in [0.15, 0.2) is 5.82 Å². The molecule has 9 heteroatoms. The number of amides is 2. The highest BCUT2D eigenvalue weighted by Gasteiger charge is 2.31. The molecule has 1 atom stereocenters. The van der Waals surface area contributed by atoms with Gasteiger partial charge in [-0.25, -0.2) is 19.1 Å². The van der Waals surface area contributed by atoms with Crippen LogP contribution in [0.5, 0.6) is 0 Å². The van der Waals surface area contributed by atoms with Crippen LogP contribution in [0.3, 0.4) is 0 Å². The number of aromatic nitrogens is 3. The lowest BCUT2D eigenvalue weighted by Gasteiger charge is -2.25. The fraction of sp³-hybridized carbons (Fsp3) is 0.444. The topological polar surface area (TPSA) is 68.1 Å². The number of hydrogen-bond donors (Lipinski definition) is 0. The highest BCUT2D eigenvalue weighted by molar-refractivity contribution is 7.99. The quantitative estimate of drug-likeness (QED) is 0.303. The van der Waals surface area contributed by atoms with Crippen LogP contribution in [0.15, 0.2) is 35.5 Å². The molecular weight excluding hydrogens is 382 g/mol. The van der Waals surface area contributed by atoms with E-state index in [2.05, 4.69) is 10.1 Å². The van der Waals surface area contributed by atoms with Crippen molar-refractivity contribution in [3.05, 3.63) is 36.2 Å². The molecule has 0 aliphatic rings. The number of quaternary nitrogens is 1. The molecule has 0 aliphatic carbocycles. The summed E-state index contributed by atoms with van der Waals surface area (Å²) < 4.78 is 1.06. The summed E-state index contributed by atoms with van der Waals surface area (Å²) in [6.45, 7) is 4.03.